The second-order valence-corrected chi connectivity index (χ2v) is 4.98. The molecule has 1 aliphatic heterocycles. The standard InChI is InChI=1S/C13H19N3O2/c1-7-11(9(3)17)8(2)15-12(7)13(18)16-5-4-10(14)6-16/h10,15H,4-6,14H2,1-3H3/t10-/m1/s1. The van der Waals surface area contributed by atoms with Gasteiger partial charge in [-0.1, -0.05) is 0 Å². The van der Waals surface area contributed by atoms with Gasteiger partial charge in [-0.3, -0.25) is 9.59 Å². The lowest BCUT2D eigenvalue weighted by Gasteiger charge is -2.15. The molecule has 1 aromatic rings. The summed E-state index contributed by atoms with van der Waals surface area (Å²) in [7, 11) is 0. The van der Waals surface area contributed by atoms with Crippen LogP contribution in [0.5, 0.6) is 0 Å². The molecule has 5 heteroatoms. The Bertz CT molecular complexity index is 505. The number of likely N-dealkylation sites (tertiary alicyclic amines) is 1. The maximum absolute atomic E-state index is 12.3. The predicted octanol–water partition coefficient (Wildman–Crippen LogP) is 1.01. The first-order chi connectivity index (χ1) is 8.41. The number of hydrogen-bond acceptors (Lipinski definition) is 3. The number of carbonyl (C=O) groups is 2. The summed E-state index contributed by atoms with van der Waals surface area (Å²) < 4.78 is 0. The van der Waals surface area contributed by atoms with Crippen LogP contribution in [-0.2, 0) is 0 Å². The van der Waals surface area contributed by atoms with Gasteiger partial charge in [0.2, 0.25) is 0 Å². The summed E-state index contributed by atoms with van der Waals surface area (Å²) in [5, 5.41) is 0. The number of aromatic nitrogens is 1. The third kappa shape index (κ3) is 2.06. The van der Waals surface area contributed by atoms with Gasteiger partial charge < -0.3 is 15.6 Å². The Morgan fingerprint density at radius 3 is 2.50 bits per heavy atom. The van der Waals surface area contributed by atoms with Crippen molar-refractivity contribution in [1.29, 1.82) is 0 Å². The van der Waals surface area contributed by atoms with E-state index in [0.717, 1.165) is 17.7 Å². The van der Waals surface area contributed by atoms with Crippen LogP contribution in [0.3, 0.4) is 0 Å². The number of aryl methyl sites for hydroxylation is 1. The number of nitrogens with two attached hydrogens (primary N) is 1. The summed E-state index contributed by atoms with van der Waals surface area (Å²) in [6.45, 7) is 6.42. The fourth-order valence-corrected chi connectivity index (χ4v) is 2.62. The Morgan fingerprint density at radius 1 is 1.39 bits per heavy atom. The molecule has 0 saturated carbocycles. The lowest BCUT2D eigenvalue weighted by atomic mass is 10.1. The van der Waals surface area contributed by atoms with Gasteiger partial charge in [0.25, 0.3) is 5.91 Å². The molecular weight excluding hydrogens is 230 g/mol. The normalized spacial score (nSPS) is 19.3. The zero-order valence-electron chi connectivity index (χ0n) is 11.0. The first-order valence-electron chi connectivity index (χ1n) is 6.16. The van der Waals surface area contributed by atoms with Crippen LogP contribution in [0.4, 0.5) is 0 Å². The highest BCUT2D eigenvalue weighted by molar-refractivity contribution is 6.02. The van der Waals surface area contributed by atoms with Crippen LogP contribution >= 0.6 is 0 Å². The highest BCUT2D eigenvalue weighted by Gasteiger charge is 2.28. The number of nitrogens with zero attached hydrogens (tertiary/aromatic N) is 1. The molecule has 0 aliphatic carbocycles. The van der Waals surface area contributed by atoms with Gasteiger partial charge >= 0.3 is 0 Å². The zero-order valence-corrected chi connectivity index (χ0v) is 11.0. The Labute approximate surface area is 106 Å². The predicted molar refractivity (Wildman–Crippen MR) is 68.8 cm³/mol. The van der Waals surface area contributed by atoms with E-state index < -0.39 is 0 Å². The largest absolute Gasteiger partial charge is 0.354 e. The molecular formula is C13H19N3O2. The average molecular weight is 249 g/mol. The molecule has 3 N–H and O–H groups in total. The Hall–Kier alpha value is -1.62. The number of ketones is 1. The number of H-pyrrole nitrogens is 1. The fourth-order valence-electron chi connectivity index (χ4n) is 2.62. The van der Waals surface area contributed by atoms with Crippen LogP contribution in [0.15, 0.2) is 0 Å². The average Bonchev–Trinajstić information content (AvgIpc) is 2.82. The molecule has 98 valence electrons. The summed E-state index contributed by atoms with van der Waals surface area (Å²) in [4.78, 5) is 28.6. The van der Waals surface area contributed by atoms with Gasteiger partial charge in [-0.15, -0.1) is 0 Å². The molecule has 2 rings (SSSR count). The lowest BCUT2D eigenvalue weighted by Crippen LogP contribution is -2.32. The van der Waals surface area contributed by atoms with Crippen LogP contribution in [-0.4, -0.2) is 40.7 Å². The SMILES string of the molecule is CC(=O)c1c(C)[nH]c(C(=O)N2CC[C@@H](N)C2)c1C. The van der Waals surface area contributed by atoms with E-state index in [9.17, 15) is 9.59 Å². The van der Waals surface area contributed by atoms with E-state index in [4.69, 9.17) is 5.73 Å². The Morgan fingerprint density at radius 2 is 2.06 bits per heavy atom. The Kier molecular flexibility index (Phi) is 3.26. The number of nitrogens with one attached hydrogen (secondary N) is 1. The highest BCUT2D eigenvalue weighted by Crippen LogP contribution is 2.21. The topological polar surface area (TPSA) is 79.2 Å². The summed E-state index contributed by atoms with van der Waals surface area (Å²) in [5.41, 5.74) is 8.45. The highest BCUT2D eigenvalue weighted by atomic mass is 16.2. The summed E-state index contributed by atoms with van der Waals surface area (Å²) in [6.07, 6.45) is 0.837. The minimum Gasteiger partial charge on any atom is -0.354 e. The van der Waals surface area contributed by atoms with Gasteiger partial charge in [-0.25, -0.2) is 0 Å². The van der Waals surface area contributed by atoms with Gasteiger partial charge in [-0.2, -0.15) is 0 Å². The van der Waals surface area contributed by atoms with Crippen LogP contribution in [0, 0.1) is 13.8 Å². The quantitative estimate of drug-likeness (QED) is 0.768. The molecule has 1 amide bonds. The summed E-state index contributed by atoms with van der Waals surface area (Å²) >= 11 is 0. The van der Waals surface area contributed by atoms with Crippen molar-refractivity contribution in [2.45, 2.75) is 33.2 Å². The van der Waals surface area contributed by atoms with E-state index in [1.54, 1.807) is 4.90 Å². The maximum atomic E-state index is 12.3. The van der Waals surface area contributed by atoms with E-state index in [0.29, 0.717) is 24.3 Å². The van der Waals surface area contributed by atoms with Gasteiger partial charge in [0.1, 0.15) is 5.69 Å². The molecule has 1 fully saturated rings. The van der Waals surface area contributed by atoms with Gasteiger partial charge in [0, 0.05) is 30.4 Å². The fraction of sp³-hybridized carbons (Fsp3) is 0.538. The molecule has 1 aromatic heterocycles. The van der Waals surface area contributed by atoms with Crippen LogP contribution in [0.25, 0.3) is 0 Å². The van der Waals surface area contributed by atoms with Crippen LogP contribution in [0.1, 0.15) is 45.4 Å². The molecule has 2 heterocycles. The second-order valence-electron chi connectivity index (χ2n) is 4.98. The molecule has 0 radical (unpaired) electrons. The maximum Gasteiger partial charge on any atom is 0.270 e. The van der Waals surface area contributed by atoms with E-state index in [1.807, 2.05) is 13.8 Å². The van der Waals surface area contributed by atoms with Crippen molar-refractivity contribution in [3.63, 3.8) is 0 Å². The first-order valence-corrected chi connectivity index (χ1v) is 6.16. The minimum atomic E-state index is -0.0592. The van der Waals surface area contributed by atoms with E-state index in [1.165, 1.54) is 6.92 Å². The molecule has 1 saturated heterocycles. The van der Waals surface area contributed by atoms with E-state index >= 15 is 0 Å². The van der Waals surface area contributed by atoms with Crippen molar-refractivity contribution in [2.75, 3.05) is 13.1 Å². The summed E-state index contributed by atoms with van der Waals surface area (Å²) in [5.74, 6) is -0.0746. The van der Waals surface area contributed by atoms with Gasteiger partial charge in [0.15, 0.2) is 5.78 Å². The van der Waals surface area contributed by atoms with Gasteiger partial charge in [0.05, 0.1) is 0 Å². The molecule has 1 aliphatic rings. The molecule has 0 unspecified atom stereocenters. The molecule has 1 atom stereocenters. The van der Waals surface area contributed by atoms with Crippen molar-refractivity contribution >= 4 is 11.7 Å². The number of carbonyl (C=O) groups excluding carboxylic acids is 2. The van der Waals surface area contributed by atoms with Gasteiger partial charge in [-0.05, 0) is 32.8 Å². The molecule has 0 bridgehead atoms. The monoisotopic (exact) mass is 249 g/mol. The second kappa shape index (κ2) is 4.57. The molecule has 0 aromatic carbocycles. The molecule has 0 spiro atoms. The lowest BCUT2D eigenvalue weighted by molar-refractivity contribution is 0.0785. The number of aromatic amines is 1. The number of hydrogen-bond donors (Lipinski definition) is 2. The van der Waals surface area contributed by atoms with E-state index in [-0.39, 0.29) is 17.7 Å². The smallest absolute Gasteiger partial charge is 0.270 e. The third-order valence-corrected chi connectivity index (χ3v) is 3.52. The first kappa shape index (κ1) is 12.8. The number of rotatable bonds is 2. The van der Waals surface area contributed by atoms with E-state index in [2.05, 4.69) is 4.98 Å². The van der Waals surface area contributed by atoms with Crippen molar-refractivity contribution < 1.29 is 9.59 Å². The van der Waals surface area contributed by atoms with Crippen LogP contribution in [0.2, 0.25) is 0 Å². The third-order valence-electron chi connectivity index (χ3n) is 3.52. The van der Waals surface area contributed by atoms with Crippen molar-refractivity contribution in [2.24, 2.45) is 5.73 Å². The van der Waals surface area contributed by atoms with Crippen molar-refractivity contribution in [3.05, 3.63) is 22.5 Å². The number of amides is 1. The van der Waals surface area contributed by atoms with Crippen molar-refractivity contribution in [3.8, 4) is 0 Å². The minimum absolute atomic E-state index is 0.0153. The molecule has 18 heavy (non-hydrogen) atoms. The van der Waals surface area contributed by atoms with Crippen molar-refractivity contribution in [1.82, 2.24) is 9.88 Å². The number of Topliss-reactive ketones (excluding diaryl/α,β-unsaturated/α-hetero) is 1. The zero-order chi connectivity index (χ0) is 13.4. The molecule has 5 nitrogen and oxygen atoms in total. The van der Waals surface area contributed by atoms with Crippen LogP contribution < -0.4 is 5.73 Å². The Balaban J connectivity index is 2.32. The summed E-state index contributed by atoms with van der Waals surface area (Å²) in [6, 6.07) is 0.0672.